The smallest absolute Gasteiger partial charge is 0.410 e. The highest BCUT2D eigenvalue weighted by Gasteiger charge is 2.27. The summed E-state index contributed by atoms with van der Waals surface area (Å²) < 4.78 is 8.32. The standard InChI is InChI=1S/C24H27BrN4O2/c1-24(2,3)31-23(30)28-14-10-18(11-15-28)17-4-6-20(7-5-17)29-16-21(25)22(27-29)19-8-12-26-13-9-19/h4-9,12-13,16,18H,10-11,14-15H2,1-3H3. The Morgan fingerprint density at radius 1 is 1.06 bits per heavy atom. The van der Waals surface area contributed by atoms with E-state index in [1.807, 2.05) is 48.7 Å². The Labute approximate surface area is 191 Å². The van der Waals surface area contributed by atoms with Crippen LogP contribution >= 0.6 is 15.9 Å². The van der Waals surface area contributed by atoms with E-state index >= 15 is 0 Å². The van der Waals surface area contributed by atoms with Crippen LogP contribution in [-0.4, -0.2) is 44.4 Å². The van der Waals surface area contributed by atoms with Crippen molar-refractivity contribution >= 4 is 22.0 Å². The third-order valence-corrected chi connectivity index (χ3v) is 5.98. The fourth-order valence-electron chi connectivity index (χ4n) is 3.81. The lowest BCUT2D eigenvalue weighted by Gasteiger charge is -2.33. The first-order valence-corrected chi connectivity index (χ1v) is 11.3. The van der Waals surface area contributed by atoms with Gasteiger partial charge in [-0.05, 0) is 85.3 Å². The van der Waals surface area contributed by atoms with Crippen molar-refractivity contribution in [2.45, 2.75) is 45.1 Å². The average Bonchev–Trinajstić information content (AvgIpc) is 3.15. The van der Waals surface area contributed by atoms with Gasteiger partial charge in [-0.25, -0.2) is 9.48 Å². The summed E-state index contributed by atoms with van der Waals surface area (Å²) in [6.07, 6.45) is 7.18. The molecule has 3 heterocycles. The van der Waals surface area contributed by atoms with Crippen molar-refractivity contribution in [2.24, 2.45) is 0 Å². The first-order valence-electron chi connectivity index (χ1n) is 10.5. The predicted molar refractivity (Wildman–Crippen MR) is 124 cm³/mol. The number of nitrogens with zero attached hydrogens (tertiary/aromatic N) is 4. The molecule has 1 aliphatic rings. The highest BCUT2D eigenvalue weighted by Crippen LogP contribution is 2.31. The van der Waals surface area contributed by atoms with Gasteiger partial charge in [-0.3, -0.25) is 4.98 Å². The molecule has 0 unspecified atom stereocenters. The number of benzene rings is 1. The normalized spacial score (nSPS) is 15.2. The SMILES string of the molecule is CC(C)(C)OC(=O)N1CCC(c2ccc(-n3cc(Br)c(-c4ccncc4)n3)cc2)CC1. The summed E-state index contributed by atoms with van der Waals surface area (Å²) in [7, 11) is 0. The second-order valence-electron chi connectivity index (χ2n) is 8.84. The van der Waals surface area contributed by atoms with Crippen LogP contribution in [0.1, 0.15) is 45.1 Å². The Morgan fingerprint density at radius 3 is 2.32 bits per heavy atom. The number of ether oxygens (including phenoxy) is 1. The minimum absolute atomic E-state index is 0.212. The van der Waals surface area contributed by atoms with E-state index in [9.17, 15) is 4.79 Å². The van der Waals surface area contributed by atoms with E-state index in [1.165, 1.54) is 5.56 Å². The maximum absolute atomic E-state index is 12.3. The number of pyridine rings is 1. The van der Waals surface area contributed by atoms with Crippen LogP contribution in [0.2, 0.25) is 0 Å². The van der Waals surface area contributed by atoms with Crippen molar-refractivity contribution in [3.63, 3.8) is 0 Å². The van der Waals surface area contributed by atoms with Gasteiger partial charge in [0.2, 0.25) is 0 Å². The molecule has 1 aromatic carbocycles. The Morgan fingerprint density at radius 2 is 1.71 bits per heavy atom. The van der Waals surface area contributed by atoms with Crippen LogP contribution in [0, 0.1) is 0 Å². The molecule has 31 heavy (non-hydrogen) atoms. The minimum Gasteiger partial charge on any atom is -0.444 e. The van der Waals surface area contributed by atoms with Crippen LogP contribution in [0.15, 0.2) is 59.5 Å². The molecular weight excluding hydrogens is 456 g/mol. The lowest BCUT2D eigenvalue weighted by molar-refractivity contribution is 0.0205. The number of carbonyl (C=O) groups is 1. The second kappa shape index (κ2) is 8.83. The van der Waals surface area contributed by atoms with Crippen molar-refractivity contribution in [2.75, 3.05) is 13.1 Å². The fourth-order valence-corrected chi connectivity index (χ4v) is 4.31. The molecule has 1 fully saturated rings. The fraction of sp³-hybridized carbons (Fsp3) is 0.375. The summed E-state index contributed by atoms with van der Waals surface area (Å²) in [6.45, 7) is 7.15. The number of aromatic nitrogens is 3. The van der Waals surface area contributed by atoms with Gasteiger partial charge in [0.15, 0.2) is 0 Å². The molecule has 7 heteroatoms. The molecule has 2 aromatic heterocycles. The third-order valence-electron chi connectivity index (χ3n) is 5.40. The molecule has 0 bridgehead atoms. The number of halogens is 1. The summed E-state index contributed by atoms with van der Waals surface area (Å²) in [6, 6.07) is 12.4. The predicted octanol–water partition coefficient (Wildman–Crippen LogP) is 5.81. The maximum Gasteiger partial charge on any atom is 0.410 e. The third kappa shape index (κ3) is 5.15. The van der Waals surface area contributed by atoms with Gasteiger partial charge < -0.3 is 9.64 Å². The highest BCUT2D eigenvalue weighted by molar-refractivity contribution is 9.10. The second-order valence-corrected chi connectivity index (χ2v) is 9.69. The number of amides is 1. The molecule has 0 atom stereocenters. The van der Waals surface area contributed by atoms with Gasteiger partial charge >= 0.3 is 6.09 Å². The molecule has 4 rings (SSSR count). The van der Waals surface area contributed by atoms with Gasteiger partial charge in [-0.2, -0.15) is 5.10 Å². The van der Waals surface area contributed by atoms with Gasteiger partial charge in [-0.1, -0.05) is 12.1 Å². The number of likely N-dealkylation sites (tertiary alicyclic amines) is 1. The minimum atomic E-state index is -0.456. The first kappa shape index (κ1) is 21.6. The zero-order chi connectivity index (χ0) is 22.0. The van der Waals surface area contributed by atoms with E-state index in [4.69, 9.17) is 9.84 Å². The molecule has 0 N–H and O–H groups in total. The van der Waals surface area contributed by atoms with Gasteiger partial charge in [0.05, 0.1) is 10.2 Å². The van der Waals surface area contributed by atoms with Gasteiger partial charge in [0.1, 0.15) is 11.3 Å². The number of hydrogen-bond acceptors (Lipinski definition) is 4. The van der Waals surface area contributed by atoms with E-state index < -0.39 is 5.60 Å². The molecule has 1 amide bonds. The van der Waals surface area contributed by atoms with Crippen molar-refractivity contribution in [1.29, 1.82) is 0 Å². The van der Waals surface area contributed by atoms with E-state index in [2.05, 4.69) is 45.2 Å². The van der Waals surface area contributed by atoms with Crippen LogP contribution in [0.4, 0.5) is 4.79 Å². The average molecular weight is 483 g/mol. The van der Waals surface area contributed by atoms with Crippen LogP contribution < -0.4 is 0 Å². The van der Waals surface area contributed by atoms with Gasteiger partial charge in [0.25, 0.3) is 0 Å². The first-order chi connectivity index (χ1) is 14.8. The van der Waals surface area contributed by atoms with Crippen LogP contribution in [0.3, 0.4) is 0 Å². The van der Waals surface area contributed by atoms with Crippen LogP contribution in [0.25, 0.3) is 16.9 Å². The number of carbonyl (C=O) groups excluding carboxylic acids is 1. The highest BCUT2D eigenvalue weighted by atomic mass is 79.9. The Balaban J connectivity index is 1.41. The zero-order valence-electron chi connectivity index (χ0n) is 18.1. The van der Waals surface area contributed by atoms with Crippen molar-refractivity contribution in [3.8, 4) is 16.9 Å². The largest absolute Gasteiger partial charge is 0.444 e. The van der Waals surface area contributed by atoms with E-state index in [1.54, 1.807) is 12.4 Å². The van der Waals surface area contributed by atoms with Crippen molar-refractivity contribution in [1.82, 2.24) is 19.7 Å². The molecule has 0 radical (unpaired) electrons. The van der Waals surface area contributed by atoms with Crippen LogP contribution in [0.5, 0.6) is 0 Å². The van der Waals surface area contributed by atoms with Gasteiger partial charge in [-0.15, -0.1) is 0 Å². The van der Waals surface area contributed by atoms with E-state index in [-0.39, 0.29) is 6.09 Å². The molecular formula is C24H27BrN4O2. The Bertz CT molecular complexity index is 1030. The van der Waals surface area contributed by atoms with E-state index in [0.29, 0.717) is 5.92 Å². The lowest BCUT2D eigenvalue weighted by Crippen LogP contribution is -2.41. The molecule has 162 valence electrons. The summed E-state index contributed by atoms with van der Waals surface area (Å²) in [5, 5.41) is 4.73. The number of piperidine rings is 1. The molecule has 6 nitrogen and oxygen atoms in total. The zero-order valence-corrected chi connectivity index (χ0v) is 19.7. The molecule has 1 aliphatic heterocycles. The molecule has 0 spiro atoms. The monoisotopic (exact) mass is 482 g/mol. The Hall–Kier alpha value is -2.67. The summed E-state index contributed by atoms with van der Waals surface area (Å²) >= 11 is 3.62. The number of rotatable bonds is 3. The molecule has 0 aliphatic carbocycles. The van der Waals surface area contributed by atoms with Gasteiger partial charge in [0, 0.05) is 37.2 Å². The molecule has 3 aromatic rings. The van der Waals surface area contributed by atoms with Crippen molar-refractivity contribution in [3.05, 3.63) is 65.0 Å². The summed E-state index contributed by atoms with van der Waals surface area (Å²) in [5.74, 6) is 0.449. The number of hydrogen-bond donors (Lipinski definition) is 0. The lowest BCUT2D eigenvalue weighted by atomic mass is 9.89. The maximum atomic E-state index is 12.3. The topological polar surface area (TPSA) is 60.2 Å². The summed E-state index contributed by atoms with van der Waals surface area (Å²) in [5.41, 5.74) is 3.77. The summed E-state index contributed by atoms with van der Waals surface area (Å²) in [4.78, 5) is 18.2. The van der Waals surface area contributed by atoms with Crippen LogP contribution in [-0.2, 0) is 4.74 Å². The quantitative estimate of drug-likeness (QED) is 0.472. The van der Waals surface area contributed by atoms with Crippen molar-refractivity contribution < 1.29 is 9.53 Å². The Kier molecular flexibility index (Phi) is 6.14. The molecule has 0 saturated carbocycles. The molecule has 1 saturated heterocycles. The van der Waals surface area contributed by atoms with E-state index in [0.717, 1.165) is 47.3 Å².